The molecule has 0 saturated heterocycles. The Morgan fingerprint density at radius 3 is 2.70 bits per heavy atom. The summed E-state index contributed by atoms with van der Waals surface area (Å²) in [5, 5.41) is 16.3. The van der Waals surface area contributed by atoms with Crippen molar-refractivity contribution in [1.29, 1.82) is 0 Å². The second kappa shape index (κ2) is 12.7. The fraction of sp³-hybridized carbons (Fsp3) is 0.467. The number of hydrogen-bond donors (Lipinski definition) is 3. The highest BCUT2D eigenvalue weighted by Gasteiger charge is 2.47. The first-order chi connectivity index (χ1) is 19.4. The van der Waals surface area contributed by atoms with Crippen molar-refractivity contribution < 1.29 is 18.7 Å². The molecule has 40 heavy (non-hydrogen) atoms. The average Bonchev–Trinajstić information content (AvgIpc) is 2.95. The number of nitrogens with one attached hydrogen (secondary N) is 2. The predicted octanol–water partition coefficient (Wildman–Crippen LogP) is 5.27. The van der Waals surface area contributed by atoms with Crippen molar-refractivity contribution in [3.8, 4) is 11.4 Å². The highest BCUT2D eigenvalue weighted by Crippen LogP contribution is 2.40. The molecule has 3 heterocycles. The van der Waals surface area contributed by atoms with Gasteiger partial charge in [0.1, 0.15) is 17.7 Å². The van der Waals surface area contributed by atoms with Crippen LogP contribution in [0.4, 0.5) is 20.4 Å². The Bertz CT molecular complexity index is 1280. The molecule has 1 aliphatic heterocycles. The minimum Gasteiger partial charge on any atom is -0.480 e. The second-order valence-electron chi connectivity index (χ2n) is 10.7. The number of hydrogen-bond acceptors (Lipinski definition) is 7. The Morgan fingerprint density at radius 1 is 1.10 bits per heavy atom. The van der Waals surface area contributed by atoms with E-state index in [1.807, 2.05) is 35.2 Å². The third-order valence-corrected chi connectivity index (χ3v) is 7.68. The van der Waals surface area contributed by atoms with E-state index in [4.69, 9.17) is 4.98 Å². The number of benzene rings is 1. The minimum atomic E-state index is -2.64. The van der Waals surface area contributed by atoms with Gasteiger partial charge in [-0.1, -0.05) is 36.4 Å². The van der Waals surface area contributed by atoms with Crippen LogP contribution in [0.1, 0.15) is 49.8 Å². The van der Waals surface area contributed by atoms with Crippen molar-refractivity contribution in [1.82, 2.24) is 19.9 Å². The first-order valence-electron chi connectivity index (χ1n) is 14.1. The molecular weight excluding hydrogens is 514 g/mol. The molecule has 2 aromatic heterocycles. The Morgan fingerprint density at radius 2 is 1.93 bits per heavy atom. The van der Waals surface area contributed by atoms with Crippen LogP contribution < -0.4 is 10.6 Å². The van der Waals surface area contributed by atoms with Gasteiger partial charge < -0.3 is 15.7 Å². The number of alkyl halides is 2. The van der Waals surface area contributed by atoms with Crippen LogP contribution >= 0.6 is 0 Å². The van der Waals surface area contributed by atoms with Gasteiger partial charge >= 0.3 is 5.97 Å². The first-order valence-corrected chi connectivity index (χ1v) is 14.1. The van der Waals surface area contributed by atoms with Crippen LogP contribution in [0.2, 0.25) is 0 Å². The summed E-state index contributed by atoms with van der Waals surface area (Å²) in [6, 6.07) is 14.2. The van der Waals surface area contributed by atoms with Crippen LogP contribution in [0.15, 0.2) is 54.7 Å². The van der Waals surface area contributed by atoms with E-state index in [0.717, 1.165) is 55.7 Å². The zero-order chi connectivity index (χ0) is 28.0. The molecule has 3 N–H and O–H groups in total. The molecule has 1 aliphatic carbocycles. The van der Waals surface area contributed by atoms with E-state index in [9.17, 15) is 18.7 Å². The van der Waals surface area contributed by atoms with Crippen LogP contribution in [0.3, 0.4) is 0 Å². The Kier molecular flexibility index (Phi) is 8.84. The topological polar surface area (TPSA) is 103 Å². The van der Waals surface area contributed by atoms with Gasteiger partial charge in [0, 0.05) is 49.4 Å². The number of fused-ring (bicyclic) bond motifs is 1. The molecule has 0 bridgehead atoms. The number of halogens is 2. The summed E-state index contributed by atoms with van der Waals surface area (Å²) in [5.41, 5.74) is 3.12. The molecule has 0 amide bonds. The first kappa shape index (κ1) is 27.9. The van der Waals surface area contributed by atoms with Crippen molar-refractivity contribution in [2.24, 2.45) is 0 Å². The van der Waals surface area contributed by atoms with Gasteiger partial charge in [0.25, 0.3) is 5.92 Å². The van der Waals surface area contributed by atoms with Crippen LogP contribution in [-0.2, 0) is 17.6 Å². The maximum atomic E-state index is 13.7. The molecule has 5 rings (SSSR count). The lowest BCUT2D eigenvalue weighted by Gasteiger charge is -2.43. The van der Waals surface area contributed by atoms with Crippen molar-refractivity contribution >= 4 is 17.6 Å². The standard InChI is InChI=1S/C30H36F2N6O2/c31-30(32)19-24(20-30)38(17-5-4-10-23-12-11-22-9-6-15-33-27(22)35-23)18-14-25(29(39)40)36-26-13-16-34-28(37-26)21-7-2-1-3-8-21/h1-3,7-8,11-13,16,24-25H,4-6,9-10,14-15,17-20H2,(H,33,35)(H,39,40)(H,34,36,37)/t25-/m0/s1. The third kappa shape index (κ3) is 7.29. The molecule has 0 spiro atoms. The highest BCUT2D eigenvalue weighted by atomic mass is 19.3. The summed E-state index contributed by atoms with van der Waals surface area (Å²) < 4.78 is 27.5. The predicted molar refractivity (Wildman–Crippen MR) is 151 cm³/mol. The number of carbonyl (C=O) groups is 1. The molecule has 8 nitrogen and oxygen atoms in total. The van der Waals surface area contributed by atoms with Gasteiger partial charge in [-0.3, -0.25) is 4.90 Å². The summed E-state index contributed by atoms with van der Waals surface area (Å²) in [6.07, 6.45) is 6.20. The zero-order valence-electron chi connectivity index (χ0n) is 22.5. The average molecular weight is 551 g/mol. The number of aliphatic carboxylic acids is 1. The highest BCUT2D eigenvalue weighted by molar-refractivity contribution is 5.77. The lowest BCUT2D eigenvalue weighted by Crippen LogP contribution is -2.52. The van der Waals surface area contributed by atoms with Gasteiger partial charge in [0.05, 0.1) is 0 Å². The smallest absolute Gasteiger partial charge is 0.326 e. The van der Waals surface area contributed by atoms with Crippen LogP contribution in [0.5, 0.6) is 0 Å². The quantitative estimate of drug-likeness (QED) is 0.247. The van der Waals surface area contributed by atoms with E-state index >= 15 is 0 Å². The molecule has 0 unspecified atom stereocenters. The minimum absolute atomic E-state index is 0.178. The van der Waals surface area contributed by atoms with E-state index < -0.39 is 17.9 Å². The van der Waals surface area contributed by atoms with Gasteiger partial charge in [-0.25, -0.2) is 28.5 Å². The normalized spacial score (nSPS) is 17.0. The lowest BCUT2D eigenvalue weighted by atomic mass is 9.86. The lowest BCUT2D eigenvalue weighted by molar-refractivity contribution is -0.139. The Hall–Kier alpha value is -3.66. The number of pyridine rings is 1. The largest absolute Gasteiger partial charge is 0.480 e. The number of carboxylic acid groups (broad SMARTS) is 1. The zero-order valence-corrected chi connectivity index (χ0v) is 22.5. The molecule has 1 saturated carbocycles. The molecule has 0 radical (unpaired) electrons. The second-order valence-corrected chi connectivity index (χ2v) is 10.7. The van der Waals surface area contributed by atoms with Gasteiger partial charge in [-0.2, -0.15) is 0 Å². The van der Waals surface area contributed by atoms with E-state index in [1.54, 1.807) is 12.3 Å². The van der Waals surface area contributed by atoms with Gasteiger partial charge in [-0.05, 0) is 62.8 Å². The SMILES string of the molecule is O=C(O)[C@H](CCN(CCCCc1ccc2c(n1)NCCC2)C1CC(F)(F)C1)Nc1ccnc(-c2ccccc2)n1. The van der Waals surface area contributed by atoms with E-state index in [1.165, 1.54) is 5.56 Å². The monoisotopic (exact) mass is 550 g/mol. The van der Waals surface area contributed by atoms with Crippen LogP contribution in [0.25, 0.3) is 11.4 Å². The fourth-order valence-corrected chi connectivity index (χ4v) is 5.39. The maximum absolute atomic E-state index is 13.7. The molecule has 1 atom stereocenters. The summed E-state index contributed by atoms with van der Waals surface area (Å²) in [4.78, 5) is 27.6. The van der Waals surface area contributed by atoms with Crippen molar-refractivity contribution in [3.05, 3.63) is 66.0 Å². The van der Waals surface area contributed by atoms with E-state index in [0.29, 0.717) is 24.7 Å². The maximum Gasteiger partial charge on any atom is 0.326 e. The molecule has 10 heteroatoms. The van der Waals surface area contributed by atoms with Crippen molar-refractivity contribution in [2.45, 2.75) is 69.4 Å². The van der Waals surface area contributed by atoms with E-state index in [2.05, 4.69) is 32.7 Å². The number of aryl methyl sites for hydroxylation is 2. The molecule has 1 aromatic carbocycles. The van der Waals surface area contributed by atoms with Gasteiger partial charge in [-0.15, -0.1) is 0 Å². The Balaban J connectivity index is 1.16. The van der Waals surface area contributed by atoms with Gasteiger partial charge in [0.2, 0.25) is 0 Å². The molecule has 212 valence electrons. The van der Waals surface area contributed by atoms with Crippen LogP contribution in [0, 0.1) is 0 Å². The molecule has 3 aromatic rings. The number of unbranched alkanes of at least 4 members (excludes halogenated alkanes) is 1. The van der Waals surface area contributed by atoms with Gasteiger partial charge in [0.15, 0.2) is 5.82 Å². The third-order valence-electron chi connectivity index (χ3n) is 7.68. The summed E-state index contributed by atoms with van der Waals surface area (Å²) >= 11 is 0. The molecule has 2 aliphatic rings. The summed E-state index contributed by atoms with van der Waals surface area (Å²) in [5.74, 6) is -1.76. The van der Waals surface area contributed by atoms with E-state index in [-0.39, 0.29) is 25.3 Å². The molecular formula is C30H36F2N6O2. The van der Waals surface area contributed by atoms with Crippen LogP contribution in [-0.4, -0.2) is 68.6 Å². The fourth-order valence-electron chi connectivity index (χ4n) is 5.39. The number of rotatable bonds is 13. The Labute approximate surface area is 233 Å². The van der Waals surface area contributed by atoms with Crippen molar-refractivity contribution in [3.63, 3.8) is 0 Å². The summed E-state index contributed by atoms with van der Waals surface area (Å²) in [6.45, 7) is 1.99. The number of anilines is 2. The number of nitrogens with zero attached hydrogens (tertiary/aromatic N) is 4. The number of carboxylic acids is 1. The van der Waals surface area contributed by atoms with Crippen molar-refractivity contribution in [2.75, 3.05) is 30.3 Å². The number of aromatic nitrogens is 3. The molecule has 1 fully saturated rings. The summed E-state index contributed by atoms with van der Waals surface area (Å²) in [7, 11) is 0.